The third kappa shape index (κ3) is 13.1. The molecule has 3 aromatic heterocycles. The minimum atomic E-state index is -1.45. The van der Waals surface area contributed by atoms with E-state index in [9.17, 15) is 0 Å². The number of fused-ring (bicyclic) bond motifs is 20. The van der Waals surface area contributed by atoms with E-state index in [0.29, 0.717) is 0 Å². The molecular weight excluding hydrogens is 1510 g/mol. The molecular formula is C110H84N4OS2Si2. The largest absolute Gasteiger partial charge is 0.454 e. The monoisotopic (exact) mass is 1600 g/mol. The van der Waals surface area contributed by atoms with Gasteiger partial charge in [0.1, 0.15) is 5.58 Å². The number of furan rings is 1. The van der Waals surface area contributed by atoms with Gasteiger partial charge < -0.3 is 24.0 Å². The Hall–Kier alpha value is -13.6. The topological polar surface area (TPSA) is 26.1 Å². The molecule has 0 aliphatic rings. The number of anilines is 12. The summed E-state index contributed by atoms with van der Waals surface area (Å²) < 4.78 is 11.9. The van der Waals surface area contributed by atoms with Crippen molar-refractivity contribution in [2.75, 3.05) is 19.6 Å². The fraction of sp³-hybridized carbons (Fsp3) is 0.0545. The Morgan fingerprint density at radius 3 is 1.10 bits per heavy atom. The maximum atomic E-state index is 6.76. The van der Waals surface area contributed by atoms with Crippen LogP contribution in [0.5, 0.6) is 0 Å². The molecule has 22 rings (SSSR count). The third-order valence-electron chi connectivity index (χ3n) is 23.7. The van der Waals surface area contributed by atoms with Crippen LogP contribution in [-0.4, -0.2) is 16.1 Å². The standard InChI is InChI=1S/C59H44N2OSSi.C51H40N2SSi/c1-64(2,3)44-33-29-41(30-34-44)60(40-19-8-5-9-20-40)43-32-36-51-56(38-43)63-59-50-35-31-42(37-52(50)46-22-10-11-24-48(46)57(51)59)61(53-26-14-12-21-45(53)39-17-6-4-7-18-39)54-27-16-25-49-47-23-13-15-28-55(47)62-58(49)54;1-55(2,3)43-28-24-39(25-29-43)52(37-16-6-4-7-17-37)42-27-31-47-49(34-42)54-51-46-30-26-41(33-48(46)44-20-12-13-21-45(44)50(47)51)53(38-18-8-5-9-19-38)40-23-22-35-14-10-11-15-36(35)32-40/h4-38H,1-3H3;4-34H,1-3H3. The highest BCUT2D eigenvalue weighted by Crippen LogP contribution is 2.53. The molecule has 19 aromatic carbocycles. The lowest BCUT2D eigenvalue weighted by atomic mass is 9.96. The van der Waals surface area contributed by atoms with Crippen LogP contribution in [0.3, 0.4) is 0 Å². The van der Waals surface area contributed by atoms with E-state index in [1.54, 1.807) is 0 Å². The van der Waals surface area contributed by atoms with Gasteiger partial charge >= 0.3 is 0 Å². The Labute approximate surface area is 703 Å². The highest BCUT2D eigenvalue weighted by Gasteiger charge is 2.28. The molecule has 9 heteroatoms. The second kappa shape index (κ2) is 29.8. The second-order valence-electron chi connectivity index (χ2n) is 33.1. The zero-order valence-corrected chi connectivity index (χ0v) is 70.8. The molecule has 5 nitrogen and oxygen atoms in total. The van der Waals surface area contributed by atoms with Crippen molar-refractivity contribution in [1.29, 1.82) is 0 Å². The first-order valence-corrected chi connectivity index (χ1v) is 49.6. The SMILES string of the molecule is C[Si](C)(C)c1ccc(N(c2ccccc2)c2ccc3c(c2)sc2c4ccc(N(c5ccccc5)c5ccc6ccccc6c5)cc4c4ccccc4c32)cc1.C[Si](C)(C)c1ccc(N(c2ccccc2)c2ccc3c(c2)sc2c4ccc(N(c5ccccc5-c5ccccc5)c5cccc6c5oc5ccccc56)cc4c4ccccc4c32)cc1. The van der Waals surface area contributed by atoms with Gasteiger partial charge in [0.05, 0.1) is 27.5 Å². The molecule has 0 bridgehead atoms. The van der Waals surface area contributed by atoms with Gasteiger partial charge in [-0.05, 0) is 188 Å². The van der Waals surface area contributed by atoms with Crippen molar-refractivity contribution < 1.29 is 4.42 Å². The van der Waals surface area contributed by atoms with Crippen molar-refractivity contribution in [2.45, 2.75) is 39.3 Å². The van der Waals surface area contributed by atoms with Crippen LogP contribution >= 0.6 is 22.7 Å². The van der Waals surface area contributed by atoms with Crippen molar-refractivity contribution in [2.24, 2.45) is 0 Å². The zero-order valence-electron chi connectivity index (χ0n) is 67.1. The Bertz CT molecular complexity index is 7640. The zero-order chi connectivity index (χ0) is 80.0. The molecule has 0 spiro atoms. The number of para-hydroxylation sites is 6. The Morgan fingerprint density at radius 2 is 0.588 bits per heavy atom. The molecule has 0 N–H and O–H groups in total. The summed E-state index contributed by atoms with van der Waals surface area (Å²) in [6.45, 7) is 14.4. The Balaban J connectivity index is 0.000000149. The van der Waals surface area contributed by atoms with Crippen LogP contribution in [0.2, 0.25) is 39.3 Å². The van der Waals surface area contributed by atoms with Crippen LogP contribution in [0.25, 0.3) is 127 Å². The van der Waals surface area contributed by atoms with Gasteiger partial charge in [-0.2, -0.15) is 0 Å². The van der Waals surface area contributed by atoms with Crippen molar-refractivity contribution in [3.8, 4) is 11.1 Å². The van der Waals surface area contributed by atoms with E-state index in [4.69, 9.17) is 4.42 Å². The van der Waals surface area contributed by atoms with Crippen molar-refractivity contribution in [3.05, 3.63) is 400 Å². The first-order chi connectivity index (χ1) is 58.3. The normalized spacial score (nSPS) is 11.9. The summed E-state index contributed by atoms with van der Waals surface area (Å²) in [5, 5.41) is 22.9. The molecule has 0 radical (unpaired) electrons. The van der Waals surface area contributed by atoms with Crippen LogP contribution in [0, 0.1) is 0 Å². The lowest BCUT2D eigenvalue weighted by molar-refractivity contribution is 0.669. The summed E-state index contributed by atoms with van der Waals surface area (Å²) in [6.07, 6.45) is 0. The Morgan fingerprint density at radius 1 is 0.227 bits per heavy atom. The fourth-order valence-electron chi connectivity index (χ4n) is 17.9. The lowest BCUT2D eigenvalue weighted by Gasteiger charge is -2.28. The first-order valence-electron chi connectivity index (χ1n) is 41.0. The molecule has 0 atom stereocenters. The molecule has 0 aliphatic carbocycles. The number of nitrogens with zero attached hydrogens (tertiary/aromatic N) is 4. The fourth-order valence-corrected chi connectivity index (χ4v) is 22.8. The minimum Gasteiger partial charge on any atom is -0.454 e. The van der Waals surface area contributed by atoms with Crippen LogP contribution in [0.1, 0.15) is 0 Å². The molecule has 3 heterocycles. The average Bonchev–Trinajstić information content (AvgIpc) is 1.64. The van der Waals surface area contributed by atoms with E-state index in [1.165, 1.54) is 110 Å². The smallest absolute Gasteiger partial charge is 0.159 e. The molecule has 0 saturated carbocycles. The van der Waals surface area contributed by atoms with Gasteiger partial charge in [-0.3, -0.25) is 0 Å². The van der Waals surface area contributed by atoms with Crippen molar-refractivity contribution in [3.63, 3.8) is 0 Å². The van der Waals surface area contributed by atoms with E-state index in [2.05, 4.69) is 453 Å². The van der Waals surface area contributed by atoms with Crippen molar-refractivity contribution in [1.82, 2.24) is 0 Å². The van der Waals surface area contributed by atoms with E-state index >= 15 is 0 Å². The van der Waals surface area contributed by atoms with Gasteiger partial charge in [-0.1, -0.05) is 311 Å². The summed E-state index contributed by atoms with van der Waals surface area (Å²) >= 11 is 3.80. The number of hydrogen-bond donors (Lipinski definition) is 0. The van der Waals surface area contributed by atoms with E-state index in [-0.39, 0.29) is 0 Å². The van der Waals surface area contributed by atoms with Gasteiger partial charge in [0.2, 0.25) is 0 Å². The summed E-state index contributed by atoms with van der Waals surface area (Å²) in [5.41, 5.74) is 17.6. The Kier molecular flexibility index (Phi) is 18.3. The first kappa shape index (κ1) is 73.0. The van der Waals surface area contributed by atoms with Gasteiger partial charge in [-0.25, -0.2) is 0 Å². The highest BCUT2D eigenvalue weighted by atomic mass is 32.1. The molecule has 119 heavy (non-hydrogen) atoms. The summed E-state index contributed by atoms with van der Waals surface area (Å²) in [6, 6.07) is 147. The van der Waals surface area contributed by atoms with Crippen molar-refractivity contribution >= 4 is 234 Å². The highest BCUT2D eigenvalue weighted by molar-refractivity contribution is 7.27. The van der Waals surface area contributed by atoms with Crippen LogP contribution in [-0.2, 0) is 0 Å². The predicted octanol–water partition coefficient (Wildman–Crippen LogP) is 32.4. The van der Waals surface area contributed by atoms with E-state index in [1.807, 2.05) is 28.7 Å². The van der Waals surface area contributed by atoms with Crippen LogP contribution in [0.15, 0.2) is 405 Å². The average molecular weight is 1600 g/mol. The van der Waals surface area contributed by atoms with Crippen LogP contribution < -0.4 is 30.0 Å². The molecule has 0 amide bonds. The van der Waals surface area contributed by atoms with E-state index in [0.717, 1.165) is 95.6 Å². The number of thiophene rings is 2. The minimum absolute atomic E-state index is 0.865. The second-order valence-corrected chi connectivity index (χ2v) is 45.4. The van der Waals surface area contributed by atoms with E-state index < -0.39 is 16.1 Å². The number of hydrogen-bond acceptors (Lipinski definition) is 7. The van der Waals surface area contributed by atoms with Gasteiger partial charge in [0, 0.05) is 124 Å². The van der Waals surface area contributed by atoms with Gasteiger partial charge in [-0.15, -0.1) is 22.7 Å². The molecule has 0 unspecified atom stereocenters. The molecule has 22 aromatic rings. The summed E-state index contributed by atoms with van der Waals surface area (Å²) in [7, 11) is -2.88. The molecule has 0 fully saturated rings. The number of benzene rings is 19. The lowest BCUT2D eigenvalue weighted by Crippen LogP contribution is -2.37. The van der Waals surface area contributed by atoms with Gasteiger partial charge in [0.25, 0.3) is 0 Å². The van der Waals surface area contributed by atoms with Gasteiger partial charge in [0.15, 0.2) is 5.58 Å². The quantitative estimate of drug-likeness (QED) is 0.0753. The summed E-state index contributed by atoms with van der Waals surface area (Å²) in [5.74, 6) is 0. The maximum Gasteiger partial charge on any atom is 0.159 e. The summed E-state index contributed by atoms with van der Waals surface area (Å²) in [4.78, 5) is 9.57. The third-order valence-corrected chi connectivity index (χ3v) is 30.2. The maximum absolute atomic E-state index is 6.76. The molecule has 0 aliphatic heterocycles. The van der Waals surface area contributed by atoms with Crippen LogP contribution in [0.4, 0.5) is 68.2 Å². The predicted molar refractivity (Wildman–Crippen MR) is 524 cm³/mol. The molecule has 570 valence electrons. The number of rotatable bonds is 15. The molecule has 0 saturated heterocycles.